The molecule has 0 spiro atoms. The molecule has 0 bridgehead atoms. The Morgan fingerprint density at radius 1 is 1.19 bits per heavy atom. The average molecular weight is 286 g/mol. The van der Waals surface area contributed by atoms with Crippen molar-refractivity contribution in [2.45, 2.75) is 46.7 Å². The molecule has 112 valence electrons. The lowest BCUT2D eigenvalue weighted by Gasteiger charge is -2.11. The molecule has 0 aliphatic rings. The largest absolute Gasteiger partial charge is 0.436 e. The molecule has 0 unspecified atom stereocenters. The number of rotatable bonds is 6. The van der Waals surface area contributed by atoms with Crippen molar-refractivity contribution < 1.29 is 4.74 Å². The fraction of sp³-hybridized carbons (Fsp3) is 0.438. The lowest BCUT2D eigenvalue weighted by Crippen LogP contribution is -2.22. The Morgan fingerprint density at radius 3 is 2.71 bits per heavy atom. The van der Waals surface area contributed by atoms with E-state index in [4.69, 9.17) is 4.74 Å². The molecule has 0 amide bonds. The quantitative estimate of drug-likeness (QED) is 0.884. The molecule has 0 fully saturated rings. The van der Waals surface area contributed by atoms with Crippen molar-refractivity contribution in [3.05, 3.63) is 41.6 Å². The maximum absolute atomic E-state index is 5.84. The summed E-state index contributed by atoms with van der Waals surface area (Å²) in [7, 11) is 0. The van der Waals surface area contributed by atoms with Crippen molar-refractivity contribution in [1.82, 2.24) is 20.3 Å². The van der Waals surface area contributed by atoms with Gasteiger partial charge in [-0.15, -0.1) is 0 Å². The summed E-state index contributed by atoms with van der Waals surface area (Å²) in [5.41, 5.74) is 2.78. The highest BCUT2D eigenvalue weighted by Gasteiger charge is 2.07. The summed E-state index contributed by atoms with van der Waals surface area (Å²) in [4.78, 5) is 13.1. The van der Waals surface area contributed by atoms with Gasteiger partial charge in [-0.3, -0.25) is 9.97 Å². The Labute approximate surface area is 125 Å². The van der Waals surface area contributed by atoms with Gasteiger partial charge >= 0.3 is 0 Å². The number of nitrogens with one attached hydrogen (secondary N) is 1. The van der Waals surface area contributed by atoms with Crippen LogP contribution >= 0.6 is 0 Å². The molecule has 21 heavy (non-hydrogen) atoms. The van der Waals surface area contributed by atoms with Crippen LogP contribution in [0.25, 0.3) is 0 Å². The van der Waals surface area contributed by atoms with Gasteiger partial charge < -0.3 is 10.1 Å². The zero-order valence-electron chi connectivity index (χ0n) is 13.1. The van der Waals surface area contributed by atoms with Crippen LogP contribution in [0.4, 0.5) is 0 Å². The third-order valence-corrected chi connectivity index (χ3v) is 2.97. The number of hydrogen-bond donors (Lipinski definition) is 1. The Morgan fingerprint density at radius 2 is 2.00 bits per heavy atom. The van der Waals surface area contributed by atoms with E-state index in [-0.39, 0.29) is 0 Å². The minimum atomic E-state index is 0.407. The smallest absolute Gasteiger partial charge is 0.238 e. The summed E-state index contributed by atoms with van der Waals surface area (Å²) in [5, 5.41) is 3.31. The first-order valence-corrected chi connectivity index (χ1v) is 7.27. The predicted molar refractivity (Wildman–Crippen MR) is 82.4 cm³/mol. The van der Waals surface area contributed by atoms with E-state index in [1.807, 2.05) is 19.1 Å². The van der Waals surface area contributed by atoms with Gasteiger partial charge in [0.1, 0.15) is 0 Å². The van der Waals surface area contributed by atoms with Crippen LogP contribution in [0.3, 0.4) is 0 Å². The summed E-state index contributed by atoms with van der Waals surface area (Å²) in [6.45, 7) is 8.90. The van der Waals surface area contributed by atoms with Gasteiger partial charge in [-0.2, -0.15) is 0 Å². The van der Waals surface area contributed by atoms with E-state index in [9.17, 15) is 0 Å². The second-order valence-corrected chi connectivity index (χ2v) is 5.24. The third kappa shape index (κ3) is 4.49. The molecule has 0 saturated heterocycles. The van der Waals surface area contributed by atoms with Crippen molar-refractivity contribution in [2.75, 3.05) is 0 Å². The second-order valence-electron chi connectivity index (χ2n) is 5.24. The topological polar surface area (TPSA) is 59.9 Å². The van der Waals surface area contributed by atoms with Gasteiger partial charge in [0.05, 0.1) is 17.6 Å². The lowest BCUT2D eigenvalue weighted by atomic mass is 10.2. The van der Waals surface area contributed by atoms with Gasteiger partial charge in [-0.05, 0) is 25.5 Å². The maximum Gasteiger partial charge on any atom is 0.238 e. The molecule has 1 N–H and O–H groups in total. The SMILES string of the molecule is CCc1nc(C)ccc1Oc1cncc(CNC(C)C)n1. The molecule has 0 aliphatic heterocycles. The minimum absolute atomic E-state index is 0.407. The third-order valence-electron chi connectivity index (χ3n) is 2.97. The van der Waals surface area contributed by atoms with Gasteiger partial charge in [0.2, 0.25) is 5.88 Å². The fourth-order valence-corrected chi connectivity index (χ4v) is 1.89. The molecule has 0 aromatic carbocycles. The molecule has 0 atom stereocenters. The molecule has 2 rings (SSSR count). The van der Waals surface area contributed by atoms with Crippen LogP contribution in [-0.2, 0) is 13.0 Å². The Hall–Kier alpha value is -2.01. The van der Waals surface area contributed by atoms with Crippen LogP contribution < -0.4 is 10.1 Å². The normalized spacial score (nSPS) is 10.9. The van der Waals surface area contributed by atoms with E-state index < -0.39 is 0 Å². The predicted octanol–water partition coefficient (Wildman–Crippen LogP) is 3.03. The van der Waals surface area contributed by atoms with E-state index in [1.54, 1.807) is 12.4 Å². The molecule has 2 heterocycles. The van der Waals surface area contributed by atoms with E-state index in [0.29, 0.717) is 18.5 Å². The second kappa shape index (κ2) is 7.13. The van der Waals surface area contributed by atoms with Gasteiger partial charge in [0.15, 0.2) is 5.75 Å². The Balaban J connectivity index is 2.14. The van der Waals surface area contributed by atoms with Crippen LogP contribution in [0.2, 0.25) is 0 Å². The first-order valence-electron chi connectivity index (χ1n) is 7.27. The maximum atomic E-state index is 5.84. The molecule has 0 aliphatic carbocycles. The molecule has 2 aromatic heterocycles. The zero-order chi connectivity index (χ0) is 15.2. The number of hydrogen-bond acceptors (Lipinski definition) is 5. The highest BCUT2D eigenvalue weighted by molar-refractivity contribution is 5.32. The first kappa shape index (κ1) is 15.4. The van der Waals surface area contributed by atoms with Crippen LogP contribution in [-0.4, -0.2) is 21.0 Å². The van der Waals surface area contributed by atoms with Crippen molar-refractivity contribution in [3.8, 4) is 11.6 Å². The summed E-state index contributed by atoms with van der Waals surface area (Å²) >= 11 is 0. The standard InChI is InChI=1S/C16H22N4O/c1-5-14-15(7-6-12(4)19-14)21-16-10-17-8-13(20-16)9-18-11(2)3/h6-8,10-11,18H,5,9H2,1-4H3. The van der Waals surface area contributed by atoms with Crippen LogP contribution in [0.1, 0.15) is 37.9 Å². The molecule has 0 radical (unpaired) electrons. The first-order chi connectivity index (χ1) is 10.1. The number of nitrogens with zero attached hydrogens (tertiary/aromatic N) is 3. The molecule has 0 saturated carbocycles. The summed E-state index contributed by atoms with van der Waals surface area (Å²) < 4.78 is 5.84. The van der Waals surface area contributed by atoms with Crippen molar-refractivity contribution >= 4 is 0 Å². The highest BCUT2D eigenvalue weighted by atomic mass is 16.5. The number of pyridine rings is 1. The Bertz CT molecular complexity index is 599. The summed E-state index contributed by atoms with van der Waals surface area (Å²) in [5.74, 6) is 1.24. The van der Waals surface area contributed by atoms with Gasteiger partial charge in [0, 0.05) is 24.5 Å². The van der Waals surface area contributed by atoms with Crippen molar-refractivity contribution in [1.29, 1.82) is 0 Å². The van der Waals surface area contributed by atoms with E-state index in [1.165, 1.54) is 0 Å². The number of ether oxygens (including phenoxy) is 1. The average Bonchev–Trinajstić information content (AvgIpc) is 2.47. The fourth-order valence-electron chi connectivity index (χ4n) is 1.89. The van der Waals surface area contributed by atoms with Crippen LogP contribution in [0.15, 0.2) is 24.5 Å². The molecule has 5 heteroatoms. The monoisotopic (exact) mass is 286 g/mol. The zero-order valence-corrected chi connectivity index (χ0v) is 13.1. The molecular weight excluding hydrogens is 264 g/mol. The summed E-state index contributed by atoms with van der Waals surface area (Å²) in [6.07, 6.45) is 4.19. The number of aryl methyl sites for hydroxylation is 2. The van der Waals surface area contributed by atoms with E-state index in [2.05, 4.69) is 41.0 Å². The molecule has 2 aromatic rings. The van der Waals surface area contributed by atoms with Gasteiger partial charge in [0.25, 0.3) is 0 Å². The van der Waals surface area contributed by atoms with Crippen LogP contribution in [0, 0.1) is 6.92 Å². The van der Waals surface area contributed by atoms with E-state index in [0.717, 1.165) is 29.3 Å². The Kier molecular flexibility index (Phi) is 5.22. The molecular formula is C16H22N4O. The van der Waals surface area contributed by atoms with Crippen molar-refractivity contribution in [3.63, 3.8) is 0 Å². The van der Waals surface area contributed by atoms with Crippen molar-refractivity contribution in [2.24, 2.45) is 0 Å². The highest BCUT2D eigenvalue weighted by Crippen LogP contribution is 2.23. The number of aromatic nitrogens is 3. The lowest BCUT2D eigenvalue weighted by molar-refractivity contribution is 0.446. The molecule has 5 nitrogen and oxygen atoms in total. The van der Waals surface area contributed by atoms with Crippen LogP contribution in [0.5, 0.6) is 11.6 Å². The van der Waals surface area contributed by atoms with E-state index >= 15 is 0 Å². The van der Waals surface area contributed by atoms with Gasteiger partial charge in [-0.25, -0.2) is 4.98 Å². The minimum Gasteiger partial charge on any atom is -0.436 e. The van der Waals surface area contributed by atoms with Gasteiger partial charge in [-0.1, -0.05) is 20.8 Å². The summed E-state index contributed by atoms with van der Waals surface area (Å²) in [6, 6.07) is 4.28.